The molecule has 55 heavy (non-hydrogen) atoms. The molecule has 0 unspecified atom stereocenters. The summed E-state index contributed by atoms with van der Waals surface area (Å²) in [5.41, 5.74) is 0.814. The number of pyridine rings is 1. The van der Waals surface area contributed by atoms with Crippen molar-refractivity contribution in [3.05, 3.63) is 101 Å². The van der Waals surface area contributed by atoms with E-state index >= 15 is 8.78 Å². The average Bonchev–Trinajstić information content (AvgIpc) is 3.59. The van der Waals surface area contributed by atoms with Crippen molar-refractivity contribution in [3.63, 3.8) is 0 Å². The Hall–Kier alpha value is -4.77. The monoisotopic (exact) mass is 812 g/mol. The van der Waals surface area contributed by atoms with E-state index in [0.717, 1.165) is 10.2 Å². The largest absolute Gasteiger partial charge is 0.405 e. The fourth-order valence-corrected chi connectivity index (χ4v) is 8.15. The number of halogens is 6. The zero-order chi connectivity index (χ0) is 40.7. The summed E-state index contributed by atoms with van der Waals surface area (Å²) in [6, 6.07) is 15.8. The first-order chi connectivity index (χ1) is 25.7. The number of rotatable bonds is 16. The molecule has 2 aromatic carbocycles. The van der Waals surface area contributed by atoms with E-state index in [-0.39, 0.29) is 12.1 Å². The molecule has 11 nitrogen and oxygen atoms in total. The zero-order valence-electron chi connectivity index (χ0n) is 29.6. The van der Waals surface area contributed by atoms with E-state index in [9.17, 15) is 45.6 Å². The van der Waals surface area contributed by atoms with Crippen LogP contribution in [0.15, 0.2) is 79.0 Å². The molecule has 3 amide bonds. The number of likely N-dealkylation sites (tertiary alicyclic amines) is 1. The normalized spacial score (nSPS) is 17.4. The van der Waals surface area contributed by atoms with Crippen LogP contribution in [0.5, 0.6) is 0 Å². The van der Waals surface area contributed by atoms with E-state index in [1.54, 1.807) is 54.6 Å². The molecule has 1 aliphatic rings. The van der Waals surface area contributed by atoms with Crippen LogP contribution in [-0.4, -0.2) is 90.1 Å². The summed E-state index contributed by atoms with van der Waals surface area (Å²) in [6.45, 7) is -0.131. The van der Waals surface area contributed by atoms with E-state index < -0.39 is 112 Å². The highest BCUT2D eigenvalue weighted by Crippen LogP contribution is 2.33. The predicted octanol–water partition coefficient (Wildman–Crippen LogP) is 4.77. The lowest BCUT2D eigenvalue weighted by molar-refractivity contribution is -0.167. The quantitative estimate of drug-likeness (QED) is 0.155. The number of sulfone groups is 1. The molecule has 0 saturated carbocycles. The summed E-state index contributed by atoms with van der Waals surface area (Å²) in [5, 5.41) is 2.52. The Kier molecular flexibility index (Phi) is 13.9. The molecular weight excluding hydrogens is 775 g/mol. The number of Topliss-reactive ketones (excluding diaryl/α,β-unsaturated/α-hetero) is 2. The number of carbonyl (C=O) groups excluding carboxylic acids is 5. The van der Waals surface area contributed by atoms with Crippen molar-refractivity contribution in [1.82, 2.24) is 20.5 Å². The standard InChI is InChI=1S/C37H38ClF5N4O7S/c1-22(2)27(32(49)37(42,43)35(52)45-21-36(39,40)41)18-31(48)30-17-26(55(53,54)20-23-9-4-3-5-10-23)19-47(30)34(51)29(16-24-11-8-12-25(38)15-24)46-33(50)28-13-6-7-14-44-28/h3-15,22,26-27,29-30H,16-21H2,1-2H3,(H,45,52)(H,46,50)/t26-,27+,29+,30+/m1/s1. The van der Waals surface area contributed by atoms with Crippen molar-refractivity contribution >= 4 is 50.7 Å². The minimum atomic E-state index is -5.06. The van der Waals surface area contributed by atoms with Gasteiger partial charge in [-0.1, -0.05) is 74.0 Å². The zero-order valence-corrected chi connectivity index (χ0v) is 31.1. The van der Waals surface area contributed by atoms with Gasteiger partial charge >= 0.3 is 12.1 Å². The molecule has 0 spiro atoms. The van der Waals surface area contributed by atoms with Crippen LogP contribution < -0.4 is 10.6 Å². The second kappa shape index (κ2) is 17.8. The summed E-state index contributed by atoms with van der Waals surface area (Å²) in [5.74, 6) is -15.8. The second-order valence-electron chi connectivity index (χ2n) is 13.5. The Balaban J connectivity index is 1.69. The van der Waals surface area contributed by atoms with Crippen LogP contribution in [0.1, 0.15) is 48.3 Å². The van der Waals surface area contributed by atoms with Gasteiger partial charge in [-0.2, -0.15) is 22.0 Å². The van der Waals surface area contributed by atoms with Gasteiger partial charge in [0, 0.05) is 36.5 Å². The highest BCUT2D eigenvalue weighted by molar-refractivity contribution is 7.91. The van der Waals surface area contributed by atoms with E-state index in [0.29, 0.717) is 16.1 Å². The van der Waals surface area contributed by atoms with Gasteiger partial charge in [0.15, 0.2) is 15.6 Å². The molecule has 2 heterocycles. The molecule has 1 aromatic heterocycles. The van der Waals surface area contributed by atoms with Gasteiger partial charge in [0.05, 0.1) is 17.0 Å². The van der Waals surface area contributed by atoms with E-state index in [4.69, 9.17) is 11.6 Å². The third-order valence-corrected chi connectivity index (χ3v) is 11.4. The summed E-state index contributed by atoms with van der Waals surface area (Å²) >= 11 is 6.17. The highest BCUT2D eigenvalue weighted by atomic mass is 35.5. The molecule has 3 aromatic rings. The Morgan fingerprint density at radius 2 is 1.58 bits per heavy atom. The molecule has 4 atom stereocenters. The SMILES string of the molecule is CC(C)[C@H](CC(=O)[C@@H]1C[C@@H](S(=O)(=O)Cc2ccccc2)CN1C(=O)[C@H](Cc1cccc(Cl)c1)NC(=O)c1ccccn1)C(=O)C(F)(F)C(=O)NCC(F)(F)F. The second-order valence-corrected chi connectivity index (χ2v) is 16.2. The number of hydrogen-bond acceptors (Lipinski definition) is 8. The molecule has 1 aliphatic heterocycles. The van der Waals surface area contributed by atoms with Crippen molar-refractivity contribution in [3.8, 4) is 0 Å². The number of amides is 3. The molecule has 0 radical (unpaired) electrons. The number of hydrogen-bond donors (Lipinski definition) is 2. The van der Waals surface area contributed by atoms with Gasteiger partial charge in [-0.3, -0.25) is 29.0 Å². The van der Waals surface area contributed by atoms with Crippen LogP contribution in [0.4, 0.5) is 22.0 Å². The van der Waals surface area contributed by atoms with E-state index in [1.165, 1.54) is 38.2 Å². The average molecular weight is 813 g/mol. The lowest BCUT2D eigenvalue weighted by Gasteiger charge is -2.30. The van der Waals surface area contributed by atoms with Crippen molar-refractivity contribution < 1.29 is 54.3 Å². The lowest BCUT2D eigenvalue weighted by Crippen LogP contribution is -2.54. The van der Waals surface area contributed by atoms with Crippen LogP contribution >= 0.6 is 11.6 Å². The van der Waals surface area contributed by atoms with Crippen LogP contribution in [0.25, 0.3) is 0 Å². The number of benzene rings is 2. The van der Waals surface area contributed by atoms with Gasteiger partial charge in [-0.05, 0) is 47.7 Å². The Bertz CT molecular complexity index is 1990. The van der Waals surface area contributed by atoms with Crippen LogP contribution in [0.3, 0.4) is 0 Å². The van der Waals surface area contributed by atoms with Crippen molar-refractivity contribution in [2.45, 2.75) is 68.3 Å². The maximum atomic E-state index is 15.0. The Labute approximate surface area is 318 Å². The summed E-state index contributed by atoms with van der Waals surface area (Å²) in [4.78, 5) is 71.9. The minimum absolute atomic E-state index is 0.0674. The van der Waals surface area contributed by atoms with E-state index in [2.05, 4.69) is 10.3 Å². The molecule has 0 aliphatic carbocycles. The van der Waals surface area contributed by atoms with Gasteiger partial charge in [-0.25, -0.2) is 8.42 Å². The maximum absolute atomic E-state index is 15.0. The third kappa shape index (κ3) is 11.4. The molecule has 1 fully saturated rings. The fraction of sp³-hybridized carbons (Fsp3) is 0.405. The molecule has 4 rings (SSSR count). The Morgan fingerprint density at radius 1 is 0.927 bits per heavy atom. The number of nitrogens with one attached hydrogen (secondary N) is 2. The summed E-state index contributed by atoms with van der Waals surface area (Å²) < 4.78 is 95.4. The van der Waals surface area contributed by atoms with Gasteiger partial charge in [0.1, 0.15) is 18.3 Å². The first kappa shape index (κ1) is 43.0. The van der Waals surface area contributed by atoms with Gasteiger partial charge < -0.3 is 15.5 Å². The predicted molar refractivity (Wildman–Crippen MR) is 191 cm³/mol. The summed E-state index contributed by atoms with van der Waals surface area (Å²) in [7, 11) is -4.11. The third-order valence-electron chi connectivity index (χ3n) is 9.07. The molecule has 2 N–H and O–H groups in total. The smallest absolute Gasteiger partial charge is 0.341 e. The fourth-order valence-electron chi connectivity index (χ4n) is 6.18. The first-order valence-corrected chi connectivity index (χ1v) is 19.1. The maximum Gasteiger partial charge on any atom is 0.405 e. The molecule has 0 bridgehead atoms. The number of carbonyl (C=O) groups is 5. The molecule has 1 saturated heterocycles. The van der Waals surface area contributed by atoms with Gasteiger partial charge in [-0.15, -0.1) is 0 Å². The number of aromatic nitrogens is 1. The van der Waals surface area contributed by atoms with Crippen molar-refractivity contribution in [2.24, 2.45) is 11.8 Å². The van der Waals surface area contributed by atoms with Crippen LogP contribution in [0.2, 0.25) is 5.02 Å². The summed E-state index contributed by atoms with van der Waals surface area (Å²) in [6.07, 6.45) is -5.42. The molecule has 296 valence electrons. The minimum Gasteiger partial charge on any atom is -0.341 e. The topological polar surface area (TPSA) is 160 Å². The number of alkyl halides is 5. The lowest BCUT2D eigenvalue weighted by atomic mass is 9.82. The first-order valence-electron chi connectivity index (χ1n) is 17.0. The Morgan fingerprint density at radius 3 is 2.18 bits per heavy atom. The highest BCUT2D eigenvalue weighted by Gasteiger charge is 2.53. The molecular formula is C37H38ClF5N4O7S. The van der Waals surface area contributed by atoms with Gasteiger partial charge in [0.2, 0.25) is 11.7 Å². The number of nitrogens with zero attached hydrogens (tertiary/aromatic N) is 2. The van der Waals surface area contributed by atoms with E-state index in [1.807, 2.05) is 0 Å². The van der Waals surface area contributed by atoms with Crippen LogP contribution in [-0.2, 0) is 41.2 Å². The van der Waals surface area contributed by atoms with Crippen molar-refractivity contribution in [1.29, 1.82) is 0 Å². The van der Waals surface area contributed by atoms with Crippen molar-refractivity contribution in [2.75, 3.05) is 13.1 Å². The molecule has 18 heteroatoms. The van der Waals surface area contributed by atoms with Crippen LogP contribution in [0, 0.1) is 11.8 Å². The number of ketones is 2. The van der Waals surface area contributed by atoms with Gasteiger partial charge in [0.25, 0.3) is 11.8 Å².